The SMILES string of the molecule is COc1cc(C/[N+]([O-])=C/c2ccc(O)c(O)c2)ccc1O. The third-order valence-corrected chi connectivity index (χ3v) is 2.88. The molecule has 0 radical (unpaired) electrons. The molecule has 0 spiro atoms. The van der Waals surface area contributed by atoms with Gasteiger partial charge in [0.1, 0.15) is 0 Å². The van der Waals surface area contributed by atoms with Gasteiger partial charge in [0, 0.05) is 11.1 Å². The average Bonchev–Trinajstić information content (AvgIpc) is 2.45. The number of hydroxylamine groups is 1. The van der Waals surface area contributed by atoms with Crippen LogP contribution in [0.25, 0.3) is 0 Å². The number of hydrogen-bond acceptors (Lipinski definition) is 5. The lowest BCUT2D eigenvalue weighted by Gasteiger charge is -2.07. The molecule has 2 rings (SSSR count). The summed E-state index contributed by atoms with van der Waals surface area (Å²) in [6, 6.07) is 8.75. The fraction of sp³-hybridized carbons (Fsp3) is 0.133. The molecule has 0 saturated carbocycles. The summed E-state index contributed by atoms with van der Waals surface area (Å²) in [5.74, 6) is -0.231. The molecule has 3 N–H and O–H groups in total. The highest BCUT2D eigenvalue weighted by molar-refractivity contribution is 5.77. The van der Waals surface area contributed by atoms with Crippen LogP contribution in [0.2, 0.25) is 0 Å². The molecule has 0 saturated heterocycles. The second-order valence-electron chi connectivity index (χ2n) is 4.46. The Bertz CT molecular complexity index is 682. The van der Waals surface area contributed by atoms with Crippen molar-refractivity contribution >= 4 is 6.21 Å². The molecule has 6 heteroatoms. The number of benzene rings is 2. The number of phenolic OH excluding ortho intramolecular Hbond substituents is 3. The molecule has 6 nitrogen and oxygen atoms in total. The standard InChI is InChI=1S/C15H15NO5/c1-21-15-7-11(3-5-13(15)18)9-16(20)8-10-2-4-12(17)14(19)6-10/h2-8,17-19H,9H2,1H3/b16-8-. The van der Waals surface area contributed by atoms with Gasteiger partial charge in [0.15, 0.2) is 35.8 Å². The summed E-state index contributed by atoms with van der Waals surface area (Å²) in [5, 5.41) is 39.9. The van der Waals surface area contributed by atoms with E-state index in [-0.39, 0.29) is 23.8 Å². The Morgan fingerprint density at radius 3 is 2.43 bits per heavy atom. The minimum absolute atomic E-state index is 0.00568. The molecule has 0 aliphatic carbocycles. The summed E-state index contributed by atoms with van der Waals surface area (Å²) in [6.45, 7) is 0.0538. The van der Waals surface area contributed by atoms with E-state index in [1.165, 1.54) is 37.6 Å². The molecule has 0 amide bonds. The van der Waals surface area contributed by atoms with Gasteiger partial charge >= 0.3 is 0 Å². The zero-order valence-corrected chi connectivity index (χ0v) is 11.4. The highest BCUT2D eigenvalue weighted by Gasteiger charge is 2.06. The van der Waals surface area contributed by atoms with E-state index in [0.717, 1.165) is 0 Å². The first-order valence-corrected chi connectivity index (χ1v) is 6.16. The van der Waals surface area contributed by atoms with Crippen molar-refractivity contribution in [2.45, 2.75) is 6.54 Å². The van der Waals surface area contributed by atoms with Crippen molar-refractivity contribution in [1.29, 1.82) is 0 Å². The minimum Gasteiger partial charge on any atom is -0.624 e. The molecule has 0 aromatic heterocycles. The third kappa shape index (κ3) is 3.56. The van der Waals surface area contributed by atoms with Crippen molar-refractivity contribution in [2.24, 2.45) is 0 Å². The lowest BCUT2D eigenvalue weighted by atomic mass is 10.2. The lowest BCUT2D eigenvalue weighted by molar-refractivity contribution is -0.469. The monoisotopic (exact) mass is 289 g/mol. The molecule has 0 bridgehead atoms. The number of phenols is 3. The number of rotatable bonds is 4. The largest absolute Gasteiger partial charge is 0.624 e. The maximum absolute atomic E-state index is 11.9. The maximum atomic E-state index is 11.9. The predicted octanol–water partition coefficient (Wildman–Crippen LogP) is 1.94. The van der Waals surface area contributed by atoms with Crippen LogP contribution in [-0.4, -0.2) is 33.4 Å². The van der Waals surface area contributed by atoms with Crippen LogP contribution in [-0.2, 0) is 6.54 Å². The Morgan fingerprint density at radius 1 is 1.05 bits per heavy atom. The highest BCUT2D eigenvalue weighted by atomic mass is 16.5. The van der Waals surface area contributed by atoms with Crippen molar-refractivity contribution in [3.05, 3.63) is 52.7 Å². The van der Waals surface area contributed by atoms with Gasteiger partial charge < -0.3 is 25.3 Å². The van der Waals surface area contributed by atoms with Gasteiger partial charge in [-0.05, 0) is 36.4 Å². The lowest BCUT2D eigenvalue weighted by Crippen LogP contribution is -2.05. The van der Waals surface area contributed by atoms with Crippen molar-refractivity contribution in [3.8, 4) is 23.0 Å². The average molecular weight is 289 g/mol. The molecule has 0 aliphatic heterocycles. The van der Waals surface area contributed by atoms with Crippen LogP contribution in [0.4, 0.5) is 0 Å². The number of methoxy groups -OCH3 is 1. The number of aromatic hydroxyl groups is 3. The van der Waals surface area contributed by atoms with Crippen LogP contribution in [0.1, 0.15) is 11.1 Å². The van der Waals surface area contributed by atoms with Crippen LogP contribution < -0.4 is 4.74 Å². The molecular weight excluding hydrogens is 274 g/mol. The summed E-state index contributed by atoms with van der Waals surface area (Å²) < 4.78 is 5.65. The normalized spacial score (nSPS) is 11.4. The topological polar surface area (TPSA) is 96.0 Å². The summed E-state index contributed by atoms with van der Waals surface area (Å²) in [6.07, 6.45) is 1.29. The van der Waals surface area contributed by atoms with Gasteiger partial charge in [0.05, 0.1) is 7.11 Å². The van der Waals surface area contributed by atoms with Crippen molar-refractivity contribution in [2.75, 3.05) is 7.11 Å². The molecule has 0 atom stereocenters. The smallest absolute Gasteiger partial charge is 0.182 e. The van der Waals surface area contributed by atoms with E-state index >= 15 is 0 Å². The number of hydrogen-bond donors (Lipinski definition) is 3. The third-order valence-electron chi connectivity index (χ3n) is 2.88. The van der Waals surface area contributed by atoms with Crippen LogP contribution in [0, 0.1) is 5.21 Å². The molecule has 2 aromatic carbocycles. The summed E-state index contributed by atoms with van der Waals surface area (Å²) in [5.41, 5.74) is 1.13. The van der Waals surface area contributed by atoms with Gasteiger partial charge in [-0.15, -0.1) is 0 Å². The first-order chi connectivity index (χ1) is 9.99. The first-order valence-electron chi connectivity index (χ1n) is 6.16. The van der Waals surface area contributed by atoms with Crippen LogP contribution in [0.5, 0.6) is 23.0 Å². The molecule has 0 heterocycles. The molecule has 0 aliphatic rings. The first kappa shape index (κ1) is 14.5. The van der Waals surface area contributed by atoms with Crippen molar-refractivity contribution in [1.82, 2.24) is 0 Å². The van der Waals surface area contributed by atoms with E-state index in [1.54, 1.807) is 12.1 Å². The quantitative estimate of drug-likeness (QED) is 0.263. The van der Waals surface area contributed by atoms with E-state index in [2.05, 4.69) is 0 Å². The van der Waals surface area contributed by atoms with Gasteiger partial charge in [-0.2, -0.15) is 0 Å². The van der Waals surface area contributed by atoms with Gasteiger partial charge in [0.25, 0.3) is 0 Å². The van der Waals surface area contributed by atoms with Crippen LogP contribution >= 0.6 is 0 Å². The van der Waals surface area contributed by atoms with E-state index in [9.17, 15) is 20.5 Å². The maximum Gasteiger partial charge on any atom is 0.182 e. The van der Waals surface area contributed by atoms with Gasteiger partial charge in [-0.3, -0.25) is 0 Å². The number of nitrogens with zero attached hydrogens (tertiary/aromatic N) is 1. The molecule has 2 aromatic rings. The Morgan fingerprint density at radius 2 is 1.76 bits per heavy atom. The predicted molar refractivity (Wildman–Crippen MR) is 76.9 cm³/mol. The fourth-order valence-corrected chi connectivity index (χ4v) is 1.83. The van der Waals surface area contributed by atoms with E-state index < -0.39 is 0 Å². The van der Waals surface area contributed by atoms with E-state index in [4.69, 9.17) is 4.74 Å². The van der Waals surface area contributed by atoms with E-state index in [0.29, 0.717) is 21.6 Å². The van der Waals surface area contributed by atoms with Crippen LogP contribution in [0.3, 0.4) is 0 Å². The van der Waals surface area contributed by atoms with Crippen LogP contribution in [0.15, 0.2) is 36.4 Å². The Kier molecular flexibility index (Phi) is 4.18. The zero-order valence-electron chi connectivity index (χ0n) is 11.4. The Labute approximate surface area is 121 Å². The summed E-state index contributed by atoms with van der Waals surface area (Å²) in [4.78, 5) is 0. The number of ether oxygens (including phenoxy) is 1. The second kappa shape index (κ2) is 6.04. The zero-order chi connectivity index (χ0) is 15.4. The van der Waals surface area contributed by atoms with Gasteiger partial charge in [-0.25, -0.2) is 4.74 Å². The molecule has 21 heavy (non-hydrogen) atoms. The highest BCUT2D eigenvalue weighted by Crippen LogP contribution is 2.26. The van der Waals surface area contributed by atoms with Crippen molar-refractivity contribution in [3.63, 3.8) is 0 Å². The summed E-state index contributed by atoms with van der Waals surface area (Å²) in [7, 11) is 1.43. The van der Waals surface area contributed by atoms with Gasteiger partial charge in [-0.1, -0.05) is 0 Å². The fourth-order valence-electron chi connectivity index (χ4n) is 1.83. The van der Waals surface area contributed by atoms with E-state index in [1.807, 2.05) is 0 Å². The second-order valence-corrected chi connectivity index (χ2v) is 4.46. The molecule has 110 valence electrons. The molecule has 0 fully saturated rings. The molecular formula is C15H15NO5. The summed E-state index contributed by atoms with van der Waals surface area (Å²) >= 11 is 0. The van der Waals surface area contributed by atoms with Crippen molar-refractivity contribution < 1.29 is 24.8 Å². The van der Waals surface area contributed by atoms with Gasteiger partial charge in [0.2, 0.25) is 0 Å². The molecule has 0 unspecified atom stereocenters. The Hall–Kier alpha value is -2.89. The Balaban J connectivity index is 2.18. The minimum atomic E-state index is -0.288.